The molecule has 1 aromatic rings. The fraction of sp³-hybridized carbons (Fsp3) is 0.200. The number of hydrogen-bond acceptors (Lipinski definition) is 1. The van der Waals surface area contributed by atoms with Crippen molar-refractivity contribution in [3.05, 3.63) is 48.6 Å². The Morgan fingerprint density at radius 1 is 1.42 bits per heavy atom. The number of hydrogen-bond donors (Lipinski definition) is 0. The van der Waals surface area contributed by atoms with Gasteiger partial charge in [0.05, 0.1) is 6.61 Å². The standard InChI is InChI=1S/C10H11O2/c1-2-10(11)12-8-9-6-4-3-5-7-9/h2-7,10H,1,8H2. The maximum absolute atomic E-state index is 10.7. The van der Waals surface area contributed by atoms with E-state index in [0.29, 0.717) is 6.61 Å². The van der Waals surface area contributed by atoms with Crippen molar-refractivity contribution in [3.8, 4) is 0 Å². The lowest BCUT2D eigenvalue weighted by molar-refractivity contribution is -0.114. The Morgan fingerprint density at radius 2 is 2.08 bits per heavy atom. The topological polar surface area (TPSA) is 29.1 Å². The van der Waals surface area contributed by atoms with Crippen LogP contribution < -0.4 is 0 Å². The van der Waals surface area contributed by atoms with Gasteiger partial charge in [0.15, 0.2) is 0 Å². The average Bonchev–Trinajstić information content (AvgIpc) is 2.16. The largest absolute Gasteiger partial charge is 0.342 e. The van der Waals surface area contributed by atoms with Gasteiger partial charge >= 0.3 is 0 Å². The maximum atomic E-state index is 10.7. The molecule has 0 aromatic heterocycles. The van der Waals surface area contributed by atoms with Crippen molar-refractivity contribution in [1.82, 2.24) is 0 Å². The highest BCUT2D eigenvalue weighted by molar-refractivity contribution is 5.13. The zero-order valence-electron chi connectivity index (χ0n) is 6.77. The molecule has 0 spiro atoms. The number of rotatable bonds is 4. The van der Waals surface area contributed by atoms with Crippen molar-refractivity contribution in [1.29, 1.82) is 0 Å². The molecule has 2 heteroatoms. The fourth-order valence-corrected chi connectivity index (χ4v) is 0.821. The molecule has 0 N–H and O–H groups in total. The highest BCUT2D eigenvalue weighted by Gasteiger charge is 1.98. The molecule has 0 bridgehead atoms. The Kier molecular flexibility index (Phi) is 3.51. The molecule has 2 nitrogen and oxygen atoms in total. The van der Waals surface area contributed by atoms with Gasteiger partial charge in [-0.3, -0.25) is 0 Å². The van der Waals surface area contributed by atoms with Gasteiger partial charge < -0.3 is 4.74 Å². The first kappa shape index (κ1) is 8.97. The average molecular weight is 163 g/mol. The first-order chi connectivity index (χ1) is 5.83. The van der Waals surface area contributed by atoms with Crippen LogP contribution in [-0.4, -0.2) is 6.29 Å². The Balaban J connectivity index is 2.38. The molecular weight excluding hydrogens is 152 g/mol. The molecular formula is C10H11O2. The molecule has 0 aliphatic carbocycles. The van der Waals surface area contributed by atoms with E-state index >= 15 is 0 Å². The van der Waals surface area contributed by atoms with Gasteiger partial charge in [-0.1, -0.05) is 36.9 Å². The molecule has 1 atom stereocenters. The van der Waals surface area contributed by atoms with Crippen LogP contribution in [0.4, 0.5) is 0 Å². The molecule has 0 saturated heterocycles. The molecule has 1 rings (SSSR count). The molecule has 1 unspecified atom stereocenters. The summed E-state index contributed by atoms with van der Waals surface area (Å²) in [5.74, 6) is 0. The van der Waals surface area contributed by atoms with Gasteiger partial charge in [-0.25, -0.2) is 0 Å². The maximum Gasteiger partial charge on any atom is 0.210 e. The monoisotopic (exact) mass is 163 g/mol. The third-order valence-electron chi connectivity index (χ3n) is 1.45. The molecule has 0 aliphatic rings. The Morgan fingerprint density at radius 3 is 2.67 bits per heavy atom. The number of benzene rings is 1. The summed E-state index contributed by atoms with van der Waals surface area (Å²) in [7, 11) is 0. The molecule has 0 amide bonds. The van der Waals surface area contributed by atoms with Crippen LogP contribution in [0.1, 0.15) is 5.56 Å². The van der Waals surface area contributed by atoms with Crippen LogP contribution in [0.25, 0.3) is 0 Å². The van der Waals surface area contributed by atoms with Gasteiger partial charge in [0.25, 0.3) is 0 Å². The summed E-state index contributed by atoms with van der Waals surface area (Å²) in [5, 5.41) is 10.7. The van der Waals surface area contributed by atoms with Gasteiger partial charge in [-0.05, 0) is 11.6 Å². The predicted octanol–water partition coefficient (Wildman–Crippen LogP) is 2.15. The molecule has 1 radical (unpaired) electrons. The highest BCUT2D eigenvalue weighted by atomic mass is 16.6. The molecule has 0 heterocycles. The van der Waals surface area contributed by atoms with E-state index in [2.05, 4.69) is 6.58 Å². The minimum atomic E-state index is -1.12. The second-order valence-corrected chi connectivity index (χ2v) is 2.40. The van der Waals surface area contributed by atoms with Crippen LogP contribution in [0.3, 0.4) is 0 Å². The Hall–Kier alpha value is -1.12. The summed E-state index contributed by atoms with van der Waals surface area (Å²) in [5.41, 5.74) is 1.00. The van der Waals surface area contributed by atoms with Crippen molar-refractivity contribution < 1.29 is 9.84 Å². The second kappa shape index (κ2) is 4.70. The van der Waals surface area contributed by atoms with Crippen LogP contribution in [0.2, 0.25) is 0 Å². The third kappa shape index (κ3) is 2.86. The van der Waals surface area contributed by atoms with Crippen LogP contribution in [0.5, 0.6) is 0 Å². The highest BCUT2D eigenvalue weighted by Crippen LogP contribution is 2.02. The first-order valence-corrected chi connectivity index (χ1v) is 3.77. The van der Waals surface area contributed by atoms with Crippen molar-refractivity contribution in [3.63, 3.8) is 0 Å². The van der Waals surface area contributed by atoms with Gasteiger partial charge in [0, 0.05) is 0 Å². The molecule has 0 saturated carbocycles. The molecule has 63 valence electrons. The van der Waals surface area contributed by atoms with E-state index in [1.54, 1.807) is 0 Å². The van der Waals surface area contributed by atoms with E-state index in [1.807, 2.05) is 30.3 Å². The zero-order chi connectivity index (χ0) is 8.81. The van der Waals surface area contributed by atoms with Gasteiger partial charge in [0.2, 0.25) is 6.29 Å². The van der Waals surface area contributed by atoms with E-state index < -0.39 is 6.29 Å². The van der Waals surface area contributed by atoms with Crippen molar-refractivity contribution in [2.45, 2.75) is 12.9 Å². The molecule has 1 aromatic carbocycles. The van der Waals surface area contributed by atoms with Crippen LogP contribution in [0.15, 0.2) is 43.0 Å². The van der Waals surface area contributed by atoms with E-state index in [-0.39, 0.29) is 0 Å². The minimum Gasteiger partial charge on any atom is -0.342 e. The van der Waals surface area contributed by atoms with Gasteiger partial charge in [-0.15, -0.1) is 0 Å². The summed E-state index contributed by atoms with van der Waals surface area (Å²) in [6.07, 6.45) is 0.119. The quantitative estimate of drug-likeness (QED) is 0.494. The summed E-state index contributed by atoms with van der Waals surface area (Å²) < 4.78 is 4.90. The zero-order valence-corrected chi connectivity index (χ0v) is 6.77. The lowest BCUT2D eigenvalue weighted by Gasteiger charge is -2.04. The SMILES string of the molecule is C=CC([O])OCc1ccccc1. The summed E-state index contributed by atoms with van der Waals surface area (Å²) in [6, 6.07) is 9.57. The molecule has 0 aliphatic heterocycles. The number of ether oxygens (including phenoxy) is 1. The van der Waals surface area contributed by atoms with Gasteiger partial charge in [0.1, 0.15) is 0 Å². The van der Waals surface area contributed by atoms with E-state index in [4.69, 9.17) is 4.74 Å². The van der Waals surface area contributed by atoms with E-state index in [1.165, 1.54) is 6.08 Å². The molecule has 12 heavy (non-hydrogen) atoms. The van der Waals surface area contributed by atoms with Crippen molar-refractivity contribution >= 4 is 0 Å². The smallest absolute Gasteiger partial charge is 0.210 e. The lowest BCUT2D eigenvalue weighted by atomic mass is 10.2. The van der Waals surface area contributed by atoms with Crippen LogP contribution >= 0.6 is 0 Å². The third-order valence-corrected chi connectivity index (χ3v) is 1.45. The van der Waals surface area contributed by atoms with Crippen LogP contribution in [-0.2, 0) is 16.5 Å². The van der Waals surface area contributed by atoms with Crippen molar-refractivity contribution in [2.24, 2.45) is 0 Å². The fourth-order valence-electron chi connectivity index (χ4n) is 0.821. The predicted molar refractivity (Wildman–Crippen MR) is 45.9 cm³/mol. The summed E-state index contributed by atoms with van der Waals surface area (Å²) in [4.78, 5) is 0. The molecule has 0 fully saturated rings. The second-order valence-electron chi connectivity index (χ2n) is 2.40. The Bertz CT molecular complexity index is 231. The van der Waals surface area contributed by atoms with Crippen LogP contribution in [0, 0.1) is 0 Å². The van der Waals surface area contributed by atoms with Gasteiger partial charge in [-0.2, -0.15) is 5.11 Å². The first-order valence-electron chi connectivity index (χ1n) is 3.77. The normalized spacial score (nSPS) is 12.4. The van der Waals surface area contributed by atoms with Crippen molar-refractivity contribution in [2.75, 3.05) is 0 Å². The lowest BCUT2D eigenvalue weighted by Crippen LogP contribution is -2.05. The van der Waals surface area contributed by atoms with E-state index in [0.717, 1.165) is 5.56 Å². The summed E-state index contributed by atoms with van der Waals surface area (Å²) >= 11 is 0. The summed E-state index contributed by atoms with van der Waals surface area (Å²) in [6.45, 7) is 3.68. The Labute approximate surface area is 72.1 Å². The van der Waals surface area contributed by atoms with E-state index in [9.17, 15) is 5.11 Å². The minimum absolute atomic E-state index is 0.348.